The van der Waals surface area contributed by atoms with E-state index in [4.69, 9.17) is 4.74 Å². The minimum absolute atomic E-state index is 0.0348. The molecule has 2 aromatic carbocycles. The standard InChI is InChI=1S/C29H34FN3O6/c1-17(2)24-25(27(36)32-15-7-10-22(32)19-8-5-4-6-9-19)31-33(21-13-11-20(30)12-14-21)28(24)39-26(29(37)38)23(35)16-18(3)34/h4-6,8-9,11-14,17-18,22-23,26,34-35H,7,10,15-16H2,1-3H3,(H,37,38)/t18-,22?,23+,26?/m0/s1. The summed E-state index contributed by atoms with van der Waals surface area (Å²) in [6.07, 6.45) is -2.90. The molecule has 1 fully saturated rings. The molecule has 1 aliphatic heterocycles. The average Bonchev–Trinajstić information content (AvgIpc) is 3.53. The Kier molecular flexibility index (Phi) is 8.66. The normalized spacial score (nSPS) is 17.7. The summed E-state index contributed by atoms with van der Waals surface area (Å²) in [7, 11) is 0. The van der Waals surface area contributed by atoms with Gasteiger partial charge >= 0.3 is 5.97 Å². The Morgan fingerprint density at radius 3 is 2.33 bits per heavy atom. The fourth-order valence-corrected chi connectivity index (χ4v) is 5.02. The van der Waals surface area contributed by atoms with Crippen LogP contribution in [0.4, 0.5) is 4.39 Å². The number of nitrogens with zero attached hydrogens (tertiary/aromatic N) is 3. The largest absolute Gasteiger partial charge is 0.478 e. The van der Waals surface area contributed by atoms with Gasteiger partial charge in [-0.3, -0.25) is 4.79 Å². The third-order valence-corrected chi connectivity index (χ3v) is 6.84. The van der Waals surface area contributed by atoms with Crippen molar-refractivity contribution in [1.82, 2.24) is 14.7 Å². The summed E-state index contributed by atoms with van der Waals surface area (Å²) in [5.41, 5.74) is 1.83. The maximum atomic E-state index is 14.0. The van der Waals surface area contributed by atoms with Crippen LogP contribution in [0.1, 0.15) is 73.6 Å². The highest BCUT2D eigenvalue weighted by molar-refractivity contribution is 5.95. The number of amides is 1. The summed E-state index contributed by atoms with van der Waals surface area (Å²) < 4.78 is 20.9. The van der Waals surface area contributed by atoms with Crippen molar-refractivity contribution in [1.29, 1.82) is 0 Å². The molecule has 3 aromatic rings. The number of likely N-dealkylation sites (tertiary alicyclic amines) is 1. The molecule has 10 heteroatoms. The van der Waals surface area contributed by atoms with E-state index < -0.39 is 30.1 Å². The molecule has 0 radical (unpaired) electrons. The van der Waals surface area contributed by atoms with Crippen LogP contribution in [-0.4, -0.2) is 66.7 Å². The zero-order chi connectivity index (χ0) is 28.3. The van der Waals surface area contributed by atoms with Crippen molar-refractivity contribution in [3.05, 3.63) is 77.2 Å². The van der Waals surface area contributed by atoms with E-state index in [0.717, 1.165) is 18.4 Å². The van der Waals surface area contributed by atoms with Crippen LogP contribution in [0.5, 0.6) is 5.88 Å². The molecule has 39 heavy (non-hydrogen) atoms. The van der Waals surface area contributed by atoms with Gasteiger partial charge in [-0.25, -0.2) is 13.9 Å². The molecule has 4 atom stereocenters. The maximum absolute atomic E-state index is 14.0. The van der Waals surface area contributed by atoms with Crippen LogP contribution < -0.4 is 4.74 Å². The summed E-state index contributed by atoms with van der Waals surface area (Å²) in [5, 5.41) is 34.8. The van der Waals surface area contributed by atoms with E-state index in [-0.39, 0.29) is 35.9 Å². The summed E-state index contributed by atoms with van der Waals surface area (Å²) in [6, 6.07) is 14.9. The molecule has 4 rings (SSSR count). The highest BCUT2D eigenvalue weighted by atomic mass is 19.1. The van der Waals surface area contributed by atoms with Gasteiger partial charge in [0.1, 0.15) is 11.9 Å². The van der Waals surface area contributed by atoms with Crippen molar-refractivity contribution in [2.45, 2.75) is 70.3 Å². The molecule has 1 saturated heterocycles. The second-order valence-corrected chi connectivity index (χ2v) is 10.2. The second-order valence-electron chi connectivity index (χ2n) is 10.2. The summed E-state index contributed by atoms with van der Waals surface area (Å²) >= 11 is 0. The number of aliphatic carboxylic acids is 1. The molecule has 1 amide bonds. The number of rotatable bonds is 10. The minimum Gasteiger partial charge on any atom is -0.478 e. The Morgan fingerprint density at radius 1 is 1.08 bits per heavy atom. The predicted molar refractivity (Wildman–Crippen MR) is 141 cm³/mol. The maximum Gasteiger partial charge on any atom is 0.347 e. The lowest BCUT2D eigenvalue weighted by Crippen LogP contribution is -2.41. The van der Waals surface area contributed by atoms with Gasteiger partial charge in [0, 0.05) is 13.0 Å². The van der Waals surface area contributed by atoms with Crippen molar-refractivity contribution in [2.24, 2.45) is 0 Å². The van der Waals surface area contributed by atoms with Crippen molar-refractivity contribution < 1.29 is 34.0 Å². The average molecular weight is 540 g/mol. The van der Waals surface area contributed by atoms with Crippen molar-refractivity contribution in [2.75, 3.05) is 6.54 Å². The number of carbonyl (C=O) groups is 2. The van der Waals surface area contributed by atoms with E-state index in [9.17, 15) is 29.3 Å². The van der Waals surface area contributed by atoms with Crippen LogP contribution in [0, 0.1) is 5.82 Å². The van der Waals surface area contributed by atoms with E-state index in [1.807, 2.05) is 44.2 Å². The van der Waals surface area contributed by atoms with Gasteiger partial charge in [-0.1, -0.05) is 44.2 Å². The van der Waals surface area contributed by atoms with Crippen LogP contribution in [-0.2, 0) is 4.79 Å². The monoisotopic (exact) mass is 539 g/mol. The number of carboxylic acid groups (broad SMARTS) is 1. The smallest absolute Gasteiger partial charge is 0.347 e. The molecule has 1 aromatic heterocycles. The van der Waals surface area contributed by atoms with Gasteiger partial charge in [0.15, 0.2) is 5.69 Å². The highest BCUT2D eigenvalue weighted by Crippen LogP contribution is 2.38. The molecule has 0 saturated carbocycles. The van der Waals surface area contributed by atoms with Gasteiger partial charge in [-0.15, -0.1) is 0 Å². The summed E-state index contributed by atoms with van der Waals surface area (Å²) in [6.45, 7) is 5.62. The van der Waals surface area contributed by atoms with E-state index in [2.05, 4.69) is 5.10 Å². The molecule has 2 unspecified atom stereocenters. The Morgan fingerprint density at radius 2 is 1.74 bits per heavy atom. The first-order chi connectivity index (χ1) is 18.6. The lowest BCUT2D eigenvalue weighted by Gasteiger charge is -2.25. The van der Waals surface area contributed by atoms with Crippen LogP contribution in [0.25, 0.3) is 5.69 Å². The first-order valence-corrected chi connectivity index (χ1v) is 13.1. The third-order valence-electron chi connectivity index (χ3n) is 6.84. The molecule has 0 spiro atoms. The van der Waals surface area contributed by atoms with Gasteiger partial charge in [0.05, 0.1) is 23.4 Å². The lowest BCUT2D eigenvalue weighted by molar-refractivity contribution is -0.151. The second kappa shape index (κ2) is 12.0. The SMILES string of the molecule is CC(C)c1c(C(=O)N2CCCC2c2ccccc2)nn(-c2ccc(F)cc2)c1OC(C(=O)O)[C@H](O)C[C@H](C)O. The number of carboxylic acids is 1. The molecule has 9 nitrogen and oxygen atoms in total. The van der Waals surface area contributed by atoms with Crippen LogP contribution in [0.2, 0.25) is 0 Å². The molecule has 2 heterocycles. The molecular weight excluding hydrogens is 505 g/mol. The fraction of sp³-hybridized carbons (Fsp3) is 0.414. The molecule has 3 N–H and O–H groups in total. The Hall–Kier alpha value is -3.76. The fourth-order valence-electron chi connectivity index (χ4n) is 5.02. The van der Waals surface area contributed by atoms with Gasteiger partial charge in [0.2, 0.25) is 12.0 Å². The zero-order valence-electron chi connectivity index (χ0n) is 22.2. The van der Waals surface area contributed by atoms with Gasteiger partial charge in [-0.2, -0.15) is 5.10 Å². The molecule has 208 valence electrons. The number of halogens is 1. The van der Waals surface area contributed by atoms with Crippen LogP contribution in [0.3, 0.4) is 0 Å². The van der Waals surface area contributed by atoms with E-state index >= 15 is 0 Å². The Balaban J connectivity index is 1.83. The molecular formula is C29H34FN3O6. The van der Waals surface area contributed by atoms with Crippen molar-refractivity contribution in [3.63, 3.8) is 0 Å². The zero-order valence-corrected chi connectivity index (χ0v) is 22.2. The van der Waals surface area contributed by atoms with E-state index in [1.54, 1.807) is 4.90 Å². The minimum atomic E-state index is -1.75. The van der Waals surface area contributed by atoms with Gasteiger partial charge in [-0.05, 0) is 55.5 Å². The van der Waals surface area contributed by atoms with Crippen LogP contribution in [0.15, 0.2) is 54.6 Å². The number of carbonyl (C=O) groups excluding carboxylic acids is 1. The Labute approximate surface area is 226 Å². The first-order valence-electron chi connectivity index (χ1n) is 13.1. The number of benzene rings is 2. The summed E-state index contributed by atoms with van der Waals surface area (Å²) in [4.78, 5) is 27.9. The number of aliphatic hydroxyl groups is 2. The number of ether oxygens (including phenoxy) is 1. The van der Waals surface area contributed by atoms with Crippen LogP contribution >= 0.6 is 0 Å². The van der Waals surface area contributed by atoms with Gasteiger partial charge < -0.3 is 25.0 Å². The molecule has 1 aliphatic rings. The van der Waals surface area contributed by atoms with E-state index in [0.29, 0.717) is 17.8 Å². The number of hydrogen-bond acceptors (Lipinski definition) is 6. The summed E-state index contributed by atoms with van der Waals surface area (Å²) in [5.74, 6) is -2.61. The first kappa shape index (κ1) is 28.3. The van der Waals surface area contributed by atoms with E-state index in [1.165, 1.54) is 35.9 Å². The predicted octanol–water partition coefficient (Wildman–Crippen LogP) is 4.08. The topological polar surface area (TPSA) is 125 Å². The lowest BCUT2D eigenvalue weighted by atomic mass is 10.0. The molecule has 0 aliphatic carbocycles. The number of aliphatic hydroxyl groups excluding tert-OH is 2. The van der Waals surface area contributed by atoms with Gasteiger partial charge in [0.25, 0.3) is 5.91 Å². The number of aromatic nitrogens is 2. The molecule has 0 bridgehead atoms. The number of hydrogen-bond donors (Lipinski definition) is 3. The van der Waals surface area contributed by atoms with Crippen molar-refractivity contribution in [3.8, 4) is 11.6 Å². The Bertz CT molecular complexity index is 1290. The highest BCUT2D eigenvalue weighted by Gasteiger charge is 2.38. The quantitative estimate of drug-likeness (QED) is 0.355. The third kappa shape index (κ3) is 6.12. The van der Waals surface area contributed by atoms with Crippen molar-refractivity contribution >= 4 is 11.9 Å².